The van der Waals surface area contributed by atoms with Gasteiger partial charge in [-0.25, -0.2) is 0 Å². The van der Waals surface area contributed by atoms with E-state index in [9.17, 15) is 9.90 Å². The van der Waals surface area contributed by atoms with Crippen LogP contribution in [0.25, 0.3) is 0 Å². The monoisotopic (exact) mass is 250 g/mol. The van der Waals surface area contributed by atoms with Gasteiger partial charge in [0.15, 0.2) is 6.61 Å². The van der Waals surface area contributed by atoms with Gasteiger partial charge in [-0.2, -0.15) is 0 Å². The normalized spacial score (nSPS) is 17.1. The zero-order valence-corrected chi connectivity index (χ0v) is 10.4. The molecule has 0 unspecified atom stereocenters. The van der Waals surface area contributed by atoms with Gasteiger partial charge in [-0.05, 0) is 18.6 Å². The van der Waals surface area contributed by atoms with Crippen LogP contribution >= 0.6 is 0 Å². The van der Waals surface area contributed by atoms with Crippen molar-refractivity contribution in [3.05, 3.63) is 24.3 Å². The molecule has 1 heterocycles. The van der Waals surface area contributed by atoms with Crippen LogP contribution in [0.1, 0.15) is 13.3 Å². The number of hydrogen-bond acceptors (Lipinski definition) is 4. The number of benzene rings is 1. The zero-order chi connectivity index (χ0) is 13.2. The number of aliphatic hydroxyl groups is 1. The highest BCUT2D eigenvalue weighted by atomic mass is 16.5. The first-order chi connectivity index (χ1) is 8.54. The minimum Gasteiger partial charge on any atom is -0.482 e. The van der Waals surface area contributed by atoms with Crippen LogP contribution in [-0.2, 0) is 4.79 Å². The molecule has 1 amide bonds. The number of nitrogens with two attached hydrogens (primary N) is 1. The summed E-state index contributed by atoms with van der Waals surface area (Å²) in [4.78, 5) is 13.3. The summed E-state index contributed by atoms with van der Waals surface area (Å²) in [5.41, 5.74) is 5.51. The van der Waals surface area contributed by atoms with Crippen LogP contribution in [0.4, 0.5) is 5.69 Å². The van der Waals surface area contributed by atoms with Crippen molar-refractivity contribution >= 4 is 11.6 Å². The van der Waals surface area contributed by atoms with Gasteiger partial charge < -0.3 is 20.5 Å². The maximum absolute atomic E-state index is 11.8. The number of carbonyl (C=O) groups excluding carboxylic acids is 1. The smallest absolute Gasteiger partial charge is 0.260 e. The Morgan fingerprint density at radius 1 is 1.50 bits per heavy atom. The molecular weight excluding hydrogens is 232 g/mol. The number of β-amino-alcohol motifs (C(OH)–C–C–N with tert-alkyl or cyclic N) is 1. The Bertz CT molecular complexity index is 442. The number of likely N-dealkylation sites (tertiary alicyclic amines) is 1. The molecular formula is C13H18N2O3. The molecule has 1 aromatic carbocycles. The second-order valence-electron chi connectivity index (χ2n) is 4.65. The first-order valence-electron chi connectivity index (χ1n) is 6.01. The number of nitrogens with zero attached hydrogens (tertiary/aromatic N) is 1. The zero-order valence-electron chi connectivity index (χ0n) is 10.4. The highest BCUT2D eigenvalue weighted by molar-refractivity contribution is 5.79. The number of nitrogen functional groups attached to an aromatic ring is 1. The topological polar surface area (TPSA) is 75.8 Å². The number of hydrogen-bond donors (Lipinski definition) is 2. The second kappa shape index (κ2) is 4.86. The van der Waals surface area contributed by atoms with Crippen LogP contribution in [0.5, 0.6) is 5.75 Å². The average molecular weight is 250 g/mol. The molecule has 18 heavy (non-hydrogen) atoms. The molecule has 1 aliphatic heterocycles. The van der Waals surface area contributed by atoms with Crippen molar-refractivity contribution in [3.63, 3.8) is 0 Å². The van der Waals surface area contributed by atoms with Crippen molar-refractivity contribution in [3.8, 4) is 5.75 Å². The molecule has 1 aromatic rings. The lowest BCUT2D eigenvalue weighted by atomic mass is 9.91. The van der Waals surface area contributed by atoms with E-state index in [2.05, 4.69) is 0 Å². The molecule has 0 atom stereocenters. The molecule has 0 spiro atoms. The third-order valence-corrected chi connectivity index (χ3v) is 3.25. The number of anilines is 1. The molecule has 0 radical (unpaired) electrons. The predicted octanol–water partition coefficient (Wildman–Crippen LogP) is 0.631. The highest BCUT2D eigenvalue weighted by Crippen LogP contribution is 2.24. The van der Waals surface area contributed by atoms with Crippen molar-refractivity contribution in [2.75, 3.05) is 25.4 Å². The number of rotatable bonds is 4. The predicted molar refractivity (Wildman–Crippen MR) is 68.2 cm³/mol. The molecule has 98 valence electrons. The molecule has 5 nitrogen and oxygen atoms in total. The summed E-state index contributed by atoms with van der Waals surface area (Å²) < 4.78 is 5.36. The van der Waals surface area contributed by atoms with E-state index in [-0.39, 0.29) is 12.5 Å². The van der Waals surface area contributed by atoms with Crippen molar-refractivity contribution in [1.82, 2.24) is 4.90 Å². The van der Waals surface area contributed by atoms with Crippen LogP contribution in [0.2, 0.25) is 0 Å². The number of carbonyl (C=O) groups is 1. The van der Waals surface area contributed by atoms with Crippen LogP contribution in [0, 0.1) is 0 Å². The largest absolute Gasteiger partial charge is 0.482 e. The fourth-order valence-electron chi connectivity index (χ4n) is 1.91. The second-order valence-corrected chi connectivity index (χ2v) is 4.65. The summed E-state index contributed by atoms with van der Waals surface area (Å²) in [6.45, 7) is 2.63. The minimum atomic E-state index is -0.707. The molecule has 0 aliphatic carbocycles. The fourth-order valence-corrected chi connectivity index (χ4v) is 1.91. The third-order valence-electron chi connectivity index (χ3n) is 3.25. The minimum absolute atomic E-state index is 0.0476. The molecule has 0 bridgehead atoms. The molecule has 1 fully saturated rings. The Morgan fingerprint density at radius 3 is 2.78 bits per heavy atom. The van der Waals surface area contributed by atoms with Crippen LogP contribution in [-0.4, -0.2) is 41.2 Å². The van der Waals surface area contributed by atoms with E-state index in [1.165, 1.54) is 0 Å². The van der Waals surface area contributed by atoms with E-state index in [1.807, 2.05) is 6.92 Å². The quantitative estimate of drug-likeness (QED) is 0.769. The maximum Gasteiger partial charge on any atom is 0.260 e. The van der Waals surface area contributed by atoms with E-state index in [0.29, 0.717) is 30.9 Å². The van der Waals surface area contributed by atoms with Crippen LogP contribution in [0.15, 0.2) is 24.3 Å². The first-order valence-corrected chi connectivity index (χ1v) is 6.01. The maximum atomic E-state index is 11.8. The molecule has 1 aliphatic rings. The van der Waals surface area contributed by atoms with Gasteiger partial charge in [-0.1, -0.05) is 19.1 Å². The fraction of sp³-hybridized carbons (Fsp3) is 0.462. The number of para-hydroxylation sites is 2. The van der Waals surface area contributed by atoms with E-state index in [0.717, 1.165) is 0 Å². The molecule has 2 rings (SSSR count). The van der Waals surface area contributed by atoms with Gasteiger partial charge in [0.1, 0.15) is 5.75 Å². The van der Waals surface area contributed by atoms with Gasteiger partial charge in [-0.3, -0.25) is 4.79 Å². The Hall–Kier alpha value is -1.75. The van der Waals surface area contributed by atoms with Gasteiger partial charge in [0.2, 0.25) is 0 Å². The Morgan fingerprint density at radius 2 is 2.17 bits per heavy atom. The SMILES string of the molecule is CCC1(O)CN(C(=O)COc2ccccc2N)C1. The summed E-state index contributed by atoms with van der Waals surface area (Å²) >= 11 is 0. The number of amides is 1. The first kappa shape index (κ1) is 12.7. The molecule has 0 aromatic heterocycles. The van der Waals surface area contributed by atoms with Crippen LogP contribution < -0.4 is 10.5 Å². The van der Waals surface area contributed by atoms with E-state index < -0.39 is 5.60 Å². The third kappa shape index (κ3) is 2.56. The van der Waals surface area contributed by atoms with Gasteiger partial charge >= 0.3 is 0 Å². The standard InChI is InChI=1S/C13H18N2O3/c1-2-13(17)8-15(9-13)12(16)7-18-11-6-4-3-5-10(11)14/h3-6,17H,2,7-9,14H2,1H3. The summed E-state index contributed by atoms with van der Waals surface area (Å²) in [7, 11) is 0. The summed E-state index contributed by atoms with van der Waals surface area (Å²) in [6.07, 6.45) is 0.656. The highest BCUT2D eigenvalue weighted by Gasteiger charge is 2.41. The van der Waals surface area contributed by atoms with Gasteiger partial charge in [-0.15, -0.1) is 0 Å². The average Bonchev–Trinajstić information content (AvgIpc) is 2.33. The lowest BCUT2D eigenvalue weighted by Gasteiger charge is -2.45. The lowest BCUT2D eigenvalue weighted by molar-refractivity contribution is -0.157. The summed E-state index contributed by atoms with van der Waals surface area (Å²) in [6, 6.07) is 7.05. The van der Waals surface area contributed by atoms with Crippen LogP contribution in [0.3, 0.4) is 0 Å². The van der Waals surface area contributed by atoms with Gasteiger partial charge in [0.25, 0.3) is 5.91 Å². The van der Waals surface area contributed by atoms with Crippen molar-refractivity contribution in [2.45, 2.75) is 18.9 Å². The Kier molecular flexibility index (Phi) is 3.43. The van der Waals surface area contributed by atoms with E-state index in [4.69, 9.17) is 10.5 Å². The van der Waals surface area contributed by atoms with E-state index >= 15 is 0 Å². The summed E-state index contributed by atoms with van der Waals surface area (Å²) in [5.74, 6) is 0.383. The van der Waals surface area contributed by atoms with Gasteiger partial charge in [0, 0.05) is 0 Å². The van der Waals surface area contributed by atoms with Crippen molar-refractivity contribution in [2.24, 2.45) is 0 Å². The molecule has 0 saturated carbocycles. The molecule has 3 N–H and O–H groups in total. The van der Waals surface area contributed by atoms with Gasteiger partial charge in [0.05, 0.1) is 24.4 Å². The lowest BCUT2D eigenvalue weighted by Crippen LogP contribution is -2.63. The molecule has 1 saturated heterocycles. The van der Waals surface area contributed by atoms with Crippen molar-refractivity contribution in [1.29, 1.82) is 0 Å². The van der Waals surface area contributed by atoms with E-state index in [1.54, 1.807) is 29.2 Å². The Labute approximate surface area is 106 Å². The Balaban J connectivity index is 1.82. The van der Waals surface area contributed by atoms with Crippen molar-refractivity contribution < 1.29 is 14.6 Å². The molecule has 5 heteroatoms. The summed E-state index contributed by atoms with van der Waals surface area (Å²) in [5, 5.41) is 9.81. The number of ether oxygens (including phenoxy) is 1.